The lowest BCUT2D eigenvalue weighted by Gasteiger charge is -2.31. The smallest absolute Gasteiger partial charge is 0.255 e. The SMILES string of the molecule is CCC(CC(N)=S)N1C(=O)COCC1=O. The van der Waals surface area contributed by atoms with Crippen molar-refractivity contribution in [1.82, 2.24) is 4.90 Å². The predicted molar refractivity (Wildman–Crippen MR) is 58.2 cm³/mol. The molecule has 0 bridgehead atoms. The topological polar surface area (TPSA) is 72.6 Å². The van der Waals surface area contributed by atoms with Crippen LogP contribution >= 0.6 is 12.2 Å². The van der Waals surface area contributed by atoms with Crippen molar-refractivity contribution >= 4 is 29.0 Å². The van der Waals surface area contributed by atoms with Crippen LogP contribution in [0, 0.1) is 0 Å². The maximum absolute atomic E-state index is 11.5. The molecule has 1 fully saturated rings. The van der Waals surface area contributed by atoms with E-state index in [-0.39, 0.29) is 31.1 Å². The summed E-state index contributed by atoms with van der Waals surface area (Å²) in [4.78, 5) is 24.5. The number of ether oxygens (including phenoxy) is 1. The van der Waals surface area contributed by atoms with Gasteiger partial charge in [0.2, 0.25) is 0 Å². The Balaban J connectivity index is 2.75. The van der Waals surface area contributed by atoms with E-state index in [1.165, 1.54) is 4.90 Å². The van der Waals surface area contributed by atoms with Gasteiger partial charge in [0.05, 0.1) is 4.99 Å². The third-order valence-electron chi connectivity index (χ3n) is 2.26. The zero-order chi connectivity index (χ0) is 11.4. The van der Waals surface area contributed by atoms with Gasteiger partial charge in [-0.2, -0.15) is 0 Å². The molecule has 84 valence electrons. The molecule has 0 spiro atoms. The first-order chi connectivity index (χ1) is 7.06. The van der Waals surface area contributed by atoms with Crippen molar-refractivity contribution in [3.05, 3.63) is 0 Å². The van der Waals surface area contributed by atoms with Crippen LogP contribution in [0.2, 0.25) is 0 Å². The van der Waals surface area contributed by atoms with Crippen molar-refractivity contribution in [2.45, 2.75) is 25.8 Å². The van der Waals surface area contributed by atoms with Gasteiger partial charge in [0.1, 0.15) is 13.2 Å². The first-order valence-electron chi connectivity index (χ1n) is 4.77. The molecule has 1 unspecified atom stereocenters. The van der Waals surface area contributed by atoms with E-state index in [1.54, 1.807) is 0 Å². The van der Waals surface area contributed by atoms with Crippen molar-refractivity contribution in [3.8, 4) is 0 Å². The number of imide groups is 1. The third-order valence-corrected chi connectivity index (χ3v) is 2.43. The molecule has 0 aliphatic carbocycles. The molecule has 15 heavy (non-hydrogen) atoms. The van der Waals surface area contributed by atoms with E-state index in [0.717, 1.165) is 0 Å². The molecule has 2 amide bonds. The predicted octanol–water partition coefficient (Wildman–Crippen LogP) is -0.173. The van der Waals surface area contributed by atoms with Gasteiger partial charge in [-0.1, -0.05) is 19.1 Å². The molecular formula is C9H14N2O3S. The summed E-state index contributed by atoms with van der Waals surface area (Å²) in [6.07, 6.45) is 1.03. The number of amides is 2. The van der Waals surface area contributed by atoms with E-state index >= 15 is 0 Å². The summed E-state index contributed by atoms with van der Waals surface area (Å²) in [5, 5.41) is 0. The van der Waals surface area contributed by atoms with E-state index in [1.807, 2.05) is 6.92 Å². The first kappa shape index (κ1) is 12.1. The second-order valence-electron chi connectivity index (χ2n) is 3.38. The summed E-state index contributed by atoms with van der Waals surface area (Å²) in [6, 6.07) is -0.230. The van der Waals surface area contributed by atoms with Crippen LogP contribution < -0.4 is 5.73 Å². The first-order valence-corrected chi connectivity index (χ1v) is 5.18. The number of nitrogens with zero attached hydrogens (tertiary/aromatic N) is 1. The Bertz CT molecular complexity index is 277. The van der Waals surface area contributed by atoms with Gasteiger partial charge in [-0.25, -0.2) is 0 Å². The summed E-state index contributed by atoms with van der Waals surface area (Å²) in [5.41, 5.74) is 5.42. The Morgan fingerprint density at radius 3 is 2.47 bits per heavy atom. The molecule has 2 N–H and O–H groups in total. The fraction of sp³-hybridized carbons (Fsp3) is 0.667. The zero-order valence-electron chi connectivity index (χ0n) is 8.56. The van der Waals surface area contributed by atoms with Crippen LogP contribution in [0.25, 0.3) is 0 Å². The second-order valence-corrected chi connectivity index (χ2v) is 3.91. The van der Waals surface area contributed by atoms with Gasteiger partial charge in [-0.15, -0.1) is 0 Å². The zero-order valence-corrected chi connectivity index (χ0v) is 9.38. The highest BCUT2D eigenvalue weighted by atomic mass is 32.1. The quantitative estimate of drug-likeness (QED) is 0.536. The van der Waals surface area contributed by atoms with Gasteiger partial charge in [0.15, 0.2) is 0 Å². The third kappa shape index (κ3) is 2.97. The number of carbonyl (C=O) groups excluding carboxylic acids is 2. The molecule has 1 aliphatic rings. The van der Waals surface area contributed by atoms with Gasteiger partial charge in [0.25, 0.3) is 11.8 Å². The molecule has 0 saturated carbocycles. The highest BCUT2D eigenvalue weighted by Crippen LogP contribution is 2.13. The highest BCUT2D eigenvalue weighted by molar-refractivity contribution is 7.80. The number of morpholine rings is 1. The van der Waals surface area contributed by atoms with Crippen molar-refractivity contribution in [1.29, 1.82) is 0 Å². The van der Waals surface area contributed by atoms with Gasteiger partial charge >= 0.3 is 0 Å². The lowest BCUT2D eigenvalue weighted by molar-refractivity contribution is -0.161. The number of hydrogen-bond donors (Lipinski definition) is 1. The standard InChI is InChI=1S/C9H14N2O3S/c1-2-6(3-7(10)15)11-8(12)4-14-5-9(11)13/h6H,2-5H2,1H3,(H2,10,15). The van der Waals surface area contributed by atoms with Crippen LogP contribution in [-0.4, -0.2) is 41.0 Å². The average Bonchev–Trinajstić information content (AvgIpc) is 2.15. The van der Waals surface area contributed by atoms with Crippen molar-refractivity contribution in [2.24, 2.45) is 5.73 Å². The van der Waals surface area contributed by atoms with E-state index < -0.39 is 0 Å². The van der Waals surface area contributed by atoms with Crippen LogP contribution in [0.15, 0.2) is 0 Å². The van der Waals surface area contributed by atoms with E-state index in [2.05, 4.69) is 0 Å². The molecular weight excluding hydrogens is 216 g/mol. The molecule has 0 aromatic carbocycles. The molecule has 1 rings (SSSR count). The minimum Gasteiger partial charge on any atom is -0.393 e. The molecule has 0 aromatic rings. The molecule has 1 atom stereocenters. The number of hydrogen-bond acceptors (Lipinski definition) is 4. The lowest BCUT2D eigenvalue weighted by Crippen LogP contribution is -2.52. The van der Waals surface area contributed by atoms with Gasteiger partial charge in [0, 0.05) is 12.5 Å². The normalized spacial score (nSPS) is 19.1. The second kappa shape index (κ2) is 5.18. The summed E-state index contributed by atoms with van der Waals surface area (Å²) in [5.74, 6) is -0.622. The van der Waals surface area contributed by atoms with E-state index in [9.17, 15) is 9.59 Å². The van der Waals surface area contributed by atoms with Crippen LogP contribution in [0.5, 0.6) is 0 Å². The van der Waals surface area contributed by atoms with Crippen LogP contribution in [0.3, 0.4) is 0 Å². The number of nitrogens with two attached hydrogens (primary N) is 1. The Morgan fingerprint density at radius 1 is 1.53 bits per heavy atom. The van der Waals surface area contributed by atoms with Gasteiger partial charge < -0.3 is 10.5 Å². The van der Waals surface area contributed by atoms with Crippen molar-refractivity contribution in [2.75, 3.05) is 13.2 Å². The fourth-order valence-corrected chi connectivity index (χ4v) is 1.75. The molecule has 0 radical (unpaired) electrons. The van der Waals surface area contributed by atoms with Crippen LogP contribution in [-0.2, 0) is 14.3 Å². The fourth-order valence-electron chi connectivity index (χ4n) is 1.56. The number of thiocarbonyl (C=S) groups is 1. The van der Waals surface area contributed by atoms with Gasteiger partial charge in [-0.05, 0) is 6.42 Å². The summed E-state index contributed by atoms with van der Waals surface area (Å²) < 4.78 is 4.82. The summed E-state index contributed by atoms with van der Waals surface area (Å²) in [6.45, 7) is 1.80. The largest absolute Gasteiger partial charge is 0.393 e. The Labute approximate surface area is 93.5 Å². The van der Waals surface area contributed by atoms with Crippen molar-refractivity contribution < 1.29 is 14.3 Å². The summed E-state index contributed by atoms with van der Waals surface area (Å²) >= 11 is 4.78. The Morgan fingerprint density at radius 2 is 2.07 bits per heavy atom. The van der Waals surface area contributed by atoms with Crippen LogP contribution in [0.4, 0.5) is 0 Å². The van der Waals surface area contributed by atoms with Crippen LogP contribution in [0.1, 0.15) is 19.8 Å². The number of carbonyl (C=O) groups is 2. The molecule has 1 saturated heterocycles. The Hall–Kier alpha value is -1.01. The Kier molecular flexibility index (Phi) is 4.16. The average molecular weight is 230 g/mol. The monoisotopic (exact) mass is 230 g/mol. The van der Waals surface area contributed by atoms with Crippen molar-refractivity contribution in [3.63, 3.8) is 0 Å². The van der Waals surface area contributed by atoms with E-state index in [0.29, 0.717) is 17.8 Å². The minimum absolute atomic E-state index is 0.0421. The number of rotatable bonds is 4. The molecule has 6 heteroatoms. The highest BCUT2D eigenvalue weighted by Gasteiger charge is 2.32. The molecule has 0 aromatic heterocycles. The lowest BCUT2D eigenvalue weighted by atomic mass is 10.1. The summed E-state index contributed by atoms with van der Waals surface area (Å²) in [7, 11) is 0. The maximum Gasteiger partial charge on any atom is 0.255 e. The van der Waals surface area contributed by atoms with Gasteiger partial charge in [-0.3, -0.25) is 14.5 Å². The minimum atomic E-state index is -0.311. The molecule has 1 aliphatic heterocycles. The molecule has 1 heterocycles. The molecule has 5 nitrogen and oxygen atoms in total. The van der Waals surface area contributed by atoms with E-state index in [4.69, 9.17) is 22.7 Å². The maximum atomic E-state index is 11.5.